The predicted octanol–water partition coefficient (Wildman–Crippen LogP) is 1.34. The Labute approximate surface area is 131 Å². The van der Waals surface area contributed by atoms with E-state index in [0.717, 1.165) is 5.01 Å². The molecule has 10 nitrogen and oxygen atoms in total. The largest absolute Gasteiger partial charge is 0.341 e. The van der Waals surface area contributed by atoms with Crippen LogP contribution in [-0.4, -0.2) is 39.9 Å². The van der Waals surface area contributed by atoms with E-state index in [-0.39, 0.29) is 22.2 Å². The fraction of sp³-hybridized carbons (Fsp3) is 0. The first-order valence-corrected chi connectivity index (χ1v) is 6.67. The summed E-state index contributed by atoms with van der Waals surface area (Å²) >= 11 is 12.1. The molecular formula is C10H6Cl2N10. The van der Waals surface area contributed by atoms with Crippen molar-refractivity contribution in [2.24, 2.45) is 5.84 Å². The highest BCUT2D eigenvalue weighted by molar-refractivity contribution is 6.34. The lowest BCUT2D eigenvalue weighted by atomic mass is 10.5. The number of H-pyrrole nitrogens is 2. The van der Waals surface area contributed by atoms with E-state index >= 15 is 0 Å². The quantitative estimate of drug-likeness (QED) is 0.283. The van der Waals surface area contributed by atoms with Gasteiger partial charge in [0, 0.05) is 0 Å². The van der Waals surface area contributed by atoms with Gasteiger partial charge in [-0.25, -0.2) is 20.8 Å². The molecule has 0 saturated carbocycles. The first-order chi connectivity index (χ1) is 10.6. The van der Waals surface area contributed by atoms with E-state index in [0.29, 0.717) is 22.3 Å². The molecule has 4 aromatic rings. The summed E-state index contributed by atoms with van der Waals surface area (Å²) in [7, 11) is 0. The van der Waals surface area contributed by atoms with Crippen LogP contribution in [0.1, 0.15) is 0 Å². The first-order valence-electron chi connectivity index (χ1n) is 5.91. The molecule has 0 saturated heterocycles. The molecule has 0 unspecified atom stereocenters. The van der Waals surface area contributed by atoms with Crippen molar-refractivity contribution in [2.75, 3.05) is 5.01 Å². The van der Waals surface area contributed by atoms with Crippen molar-refractivity contribution >= 4 is 57.4 Å². The maximum atomic E-state index is 6.06. The van der Waals surface area contributed by atoms with Gasteiger partial charge in [-0.15, -0.1) is 0 Å². The Morgan fingerprint density at radius 2 is 1.27 bits per heavy atom. The van der Waals surface area contributed by atoms with Gasteiger partial charge in [0.05, 0.1) is 12.7 Å². The van der Waals surface area contributed by atoms with E-state index in [1.165, 1.54) is 12.7 Å². The number of halogens is 2. The van der Waals surface area contributed by atoms with Crippen molar-refractivity contribution in [3.8, 4) is 0 Å². The summed E-state index contributed by atoms with van der Waals surface area (Å²) in [5.41, 5.74) is 1.77. The summed E-state index contributed by atoms with van der Waals surface area (Å²) in [6.07, 6.45) is 2.91. The minimum absolute atomic E-state index is 0.0792. The molecule has 4 rings (SSSR count). The van der Waals surface area contributed by atoms with Crippen molar-refractivity contribution in [3.05, 3.63) is 23.0 Å². The number of hydrogen-bond acceptors (Lipinski definition) is 8. The smallest absolute Gasteiger partial charge is 0.250 e. The first kappa shape index (κ1) is 13.1. The number of hydrazine groups is 1. The molecule has 110 valence electrons. The van der Waals surface area contributed by atoms with Crippen LogP contribution in [0.4, 0.5) is 11.9 Å². The van der Waals surface area contributed by atoms with Gasteiger partial charge >= 0.3 is 0 Å². The second-order valence-corrected chi connectivity index (χ2v) is 4.92. The van der Waals surface area contributed by atoms with Crippen LogP contribution in [-0.2, 0) is 0 Å². The Balaban J connectivity index is 1.85. The van der Waals surface area contributed by atoms with Crippen molar-refractivity contribution in [1.29, 1.82) is 0 Å². The van der Waals surface area contributed by atoms with Crippen molar-refractivity contribution in [1.82, 2.24) is 39.9 Å². The third-order valence-electron chi connectivity index (χ3n) is 2.89. The summed E-state index contributed by atoms with van der Waals surface area (Å²) in [6, 6.07) is 0. The van der Waals surface area contributed by atoms with Gasteiger partial charge in [-0.3, -0.25) is 0 Å². The summed E-state index contributed by atoms with van der Waals surface area (Å²) in [5.74, 6) is 6.12. The third kappa shape index (κ3) is 1.93. The normalized spacial score (nSPS) is 11.4. The van der Waals surface area contributed by atoms with Gasteiger partial charge in [-0.2, -0.15) is 19.9 Å². The lowest BCUT2D eigenvalue weighted by Gasteiger charge is -2.14. The highest BCUT2D eigenvalue weighted by atomic mass is 35.5. The highest BCUT2D eigenvalue weighted by Crippen LogP contribution is 2.24. The van der Waals surface area contributed by atoms with Crippen molar-refractivity contribution in [2.45, 2.75) is 0 Å². The number of anilines is 2. The molecule has 4 aromatic heterocycles. The molecule has 0 amide bonds. The number of aromatic nitrogens is 8. The number of imidazole rings is 2. The van der Waals surface area contributed by atoms with Gasteiger partial charge in [-0.05, 0) is 0 Å². The molecule has 0 aliphatic heterocycles. The molecule has 22 heavy (non-hydrogen) atoms. The molecule has 0 atom stereocenters. The van der Waals surface area contributed by atoms with E-state index < -0.39 is 0 Å². The predicted molar refractivity (Wildman–Crippen MR) is 79.7 cm³/mol. The maximum Gasteiger partial charge on any atom is 0.250 e. The highest BCUT2D eigenvalue weighted by Gasteiger charge is 2.18. The molecular weight excluding hydrogens is 331 g/mol. The van der Waals surface area contributed by atoms with Gasteiger partial charge < -0.3 is 9.97 Å². The molecule has 12 heteroatoms. The molecule has 0 aliphatic rings. The van der Waals surface area contributed by atoms with Gasteiger partial charge in [0.15, 0.2) is 21.6 Å². The summed E-state index contributed by atoms with van der Waals surface area (Å²) in [5, 5.41) is 1.42. The monoisotopic (exact) mass is 336 g/mol. The number of hydrogen-bond donors (Lipinski definition) is 3. The van der Waals surface area contributed by atoms with Crippen LogP contribution in [0.25, 0.3) is 22.3 Å². The molecule has 0 aliphatic carbocycles. The van der Waals surface area contributed by atoms with E-state index in [9.17, 15) is 0 Å². The molecule has 4 heterocycles. The molecule has 0 spiro atoms. The summed E-state index contributed by atoms with van der Waals surface area (Å²) in [4.78, 5) is 30.2. The zero-order valence-corrected chi connectivity index (χ0v) is 12.1. The Bertz CT molecular complexity index is 912. The molecule has 0 bridgehead atoms. The van der Waals surface area contributed by atoms with Crippen LogP contribution in [0, 0.1) is 0 Å². The number of nitrogens with zero attached hydrogens (tertiary/aromatic N) is 7. The topological polar surface area (TPSA) is 138 Å². The van der Waals surface area contributed by atoms with Crippen LogP contribution in [0.2, 0.25) is 10.3 Å². The van der Waals surface area contributed by atoms with Gasteiger partial charge in [0.1, 0.15) is 11.0 Å². The van der Waals surface area contributed by atoms with E-state index in [4.69, 9.17) is 29.0 Å². The maximum absolute atomic E-state index is 6.06. The molecule has 0 radical (unpaired) electrons. The third-order valence-corrected chi connectivity index (χ3v) is 3.44. The zero-order chi connectivity index (χ0) is 15.3. The standard InChI is InChI=1S/C10H6Cl2N10/c11-5-3-7(16-1-14-3)20-9(18-5)22(13)10-19-6(12)4-8(21-10)17-2-15-4/h1-2H,13H2,(H,14,16,18,20)(H,15,17,19,21). The van der Waals surface area contributed by atoms with Crippen LogP contribution in [0.15, 0.2) is 12.7 Å². The lowest BCUT2D eigenvalue weighted by molar-refractivity contribution is 0.931. The van der Waals surface area contributed by atoms with Gasteiger partial charge in [-0.1, -0.05) is 23.2 Å². The number of fused-ring (bicyclic) bond motifs is 2. The molecule has 4 N–H and O–H groups in total. The average molecular weight is 337 g/mol. The fourth-order valence-corrected chi connectivity index (χ4v) is 2.31. The Morgan fingerprint density at radius 3 is 1.73 bits per heavy atom. The van der Waals surface area contributed by atoms with Gasteiger partial charge in [0.25, 0.3) is 11.9 Å². The minimum Gasteiger partial charge on any atom is -0.341 e. The number of rotatable bonds is 2. The van der Waals surface area contributed by atoms with E-state index in [1.807, 2.05) is 0 Å². The van der Waals surface area contributed by atoms with Crippen molar-refractivity contribution in [3.63, 3.8) is 0 Å². The number of nitrogens with one attached hydrogen (secondary N) is 2. The van der Waals surface area contributed by atoms with Crippen LogP contribution in [0.5, 0.6) is 0 Å². The number of aromatic amines is 2. The average Bonchev–Trinajstić information content (AvgIpc) is 3.14. The fourth-order valence-electron chi connectivity index (χ4n) is 1.88. The van der Waals surface area contributed by atoms with Gasteiger partial charge in [0.2, 0.25) is 0 Å². The van der Waals surface area contributed by atoms with E-state index in [1.54, 1.807) is 0 Å². The summed E-state index contributed by atoms with van der Waals surface area (Å²) in [6.45, 7) is 0. The van der Waals surface area contributed by atoms with Crippen LogP contribution < -0.4 is 10.9 Å². The number of nitrogens with two attached hydrogens (primary N) is 1. The zero-order valence-electron chi connectivity index (χ0n) is 10.6. The SMILES string of the molecule is NN(c1nc(Cl)c2[nH]cnc2n1)c1nc(Cl)c2[nH]cnc2n1. The summed E-state index contributed by atoms with van der Waals surface area (Å²) < 4.78 is 0. The second kappa shape index (κ2) is 4.73. The van der Waals surface area contributed by atoms with Crippen molar-refractivity contribution < 1.29 is 0 Å². The second-order valence-electron chi connectivity index (χ2n) is 4.20. The lowest BCUT2D eigenvalue weighted by Crippen LogP contribution is -2.29. The van der Waals surface area contributed by atoms with Crippen LogP contribution >= 0.6 is 23.2 Å². The Hall–Kier alpha value is -2.56. The Morgan fingerprint density at radius 1 is 0.818 bits per heavy atom. The van der Waals surface area contributed by atoms with E-state index in [2.05, 4.69) is 39.9 Å². The Kier molecular flexibility index (Phi) is 2.82. The molecule has 0 aromatic carbocycles. The van der Waals surface area contributed by atoms with Crippen LogP contribution in [0.3, 0.4) is 0 Å². The minimum atomic E-state index is 0.0792. The molecule has 0 fully saturated rings.